The summed E-state index contributed by atoms with van der Waals surface area (Å²) in [5.74, 6) is 1.79. The van der Waals surface area contributed by atoms with Crippen molar-refractivity contribution in [3.63, 3.8) is 0 Å². The van der Waals surface area contributed by atoms with E-state index in [1.807, 2.05) is 0 Å². The summed E-state index contributed by atoms with van der Waals surface area (Å²) in [5, 5.41) is 2.59. The zero-order valence-electron chi connectivity index (χ0n) is 12.4. The molecule has 0 radical (unpaired) electrons. The number of rotatable bonds is 5. The van der Waals surface area contributed by atoms with Crippen molar-refractivity contribution in [3.05, 3.63) is 53.6 Å². The molecule has 6 nitrogen and oxygen atoms in total. The molecule has 0 aliphatic rings. The van der Waals surface area contributed by atoms with Crippen molar-refractivity contribution in [2.75, 3.05) is 12.4 Å². The molecule has 1 amide bonds. The fourth-order valence-corrected chi connectivity index (χ4v) is 2.21. The van der Waals surface area contributed by atoms with Crippen LogP contribution in [-0.4, -0.2) is 21.4 Å². The number of ether oxygens (including phenoxy) is 1. The van der Waals surface area contributed by atoms with Crippen molar-refractivity contribution in [1.29, 1.82) is 0 Å². The van der Waals surface area contributed by atoms with E-state index < -0.39 is 22.2 Å². The molecule has 8 heteroatoms. The number of hydrogen-bond donors (Lipinski definition) is 1. The Hall–Kier alpha value is -3.05. The lowest BCUT2D eigenvalue weighted by molar-refractivity contribution is 0.102. The number of methoxy groups -OCH3 is 1. The van der Waals surface area contributed by atoms with Crippen LogP contribution in [-0.2, 0) is 10.5 Å². The van der Waals surface area contributed by atoms with Crippen molar-refractivity contribution in [2.24, 2.45) is 0 Å². The summed E-state index contributed by atoms with van der Waals surface area (Å²) in [6.45, 7) is 0. The smallest absolute Gasteiger partial charge is 0.488 e. The van der Waals surface area contributed by atoms with Gasteiger partial charge in [0.15, 0.2) is 0 Å². The first-order chi connectivity index (χ1) is 11.3. The second-order valence-corrected chi connectivity index (χ2v) is 5.51. The van der Waals surface area contributed by atoms with E-state index >= 15 is 0 Å². The predicted octanol–water partition coefficient (Wildman–Crippen LogP) is 2.52. The molecular weight excluding hydrogens is 337 g/mol. The molecule has 0 bridgehead atoms. The van der Waals surface area contributed by atoms with E-state index in [-0.39, 0.29) is 11.1 Å². The van der Waals surface area contributed by atoms with Gasteiger partial charge in [-0.3, -0.25) is 4.79 Å². The number of carbonyl (C=O) groups is 1. The first kappa shape index (κ1) is 17.3. The fourth-order valence-electron chi connectivity index (χ4n) is 1.88. The zero-order chi connectivity index (χ0) is 17.7. The number of amides is 1. The number of carbonyl (C=O) groups excluding carboxylic acids is 1. The average Bonchev–Trinajstić information content (AvgIpc) is 2.53. The van der Waals surface area contributed by atoms with Crippen LogP contribution in [0.5, 0.6) is 11.5 Å². The van der Waals surface area contributed by atoms with Gasteiger partial charge in [0.2, 0.25) is 0 Å². The van der Waals surface area contributed by atoms with Crippen LogP contribution in [0.25, 0.3) is 0 Å². The van der Waals surface area contributed by atoms with Gasteiger partial charge in [0.05, 0.1) is 7.11 Å². The number of halogens is 1. The molecule has 2 aromatic carbocycles. The maximum absolute atomic E-state index is 12.7. The second-order valence-electron chi connectivity index (χ2n) is 4.55. The molecule has 1 N–H and O–H groups in total. The second kappa shape index (κ2) is 7.02. The van der Waals surface area contributed by atoms with Crippen LogP contribution in [0.15, 0.2) is 42.5 Å². The van der Waals surface area contributed by atoms with Gasteiger partial charge in [0.1, 0.15) is 11.5 Å². The maximum atomic E-state index is 12.7. The van der Waals surface area contributed by atoms with Crippen molar-refractivity contribution >= 4 is 22.1 Å². The Labute approximate surface area is 138 Å². The molecule has 0 unspecified atom stereocenters. The van der Waals surface area contributed by atoms with Crippen LogP contribution < -0.4 is 14.2 Å². The van der Waals surface area contributed by atoms with Gasteiger partial charge in [-0.1, -0.05) is 15.9 Å². The lowest BCUT2D eigenvalue weighted by atomic mass is 10.1. The van der Waals surface area contributed by atoms with E-state index in [4.69, 9.17) is 11.2 Å². The SMILES string of the molecule is C#Cc1cc(OS(=O)(=O)F)cc(C(=O)Nc2cccc(OC)c2)c1. The number of nitrogens with one attached hydrogen (secondary N) is 1. The minimum Gasteiger partial charge on any atom is -0.497 e. The average molecular weight is 349 g/mol. The van der Waals surface area contributed by atoms with Crippen LogP contribution in [0.3, 0.4) is 0 Å². The van der Waals surface area contributed by atoms with Crippen molar-refractivity contribution < 1.29 is 26.0 Å². The Morgan fingerprint density at radius 3 is 2.58 bits per heavy atom. The van der Waals surface area contributed by atoms with Crippen molar-refractivity contribution in [2.45, 2.75) is 0 Å². The molecule has 2 rings (SSSR count). The first-order valence-corrected chi connectivity index (χ1v) is 7.83. The van der Waals surface area contributed by atoms with E-state index in [0.717, 1.165) is 12.1 Å². The highest BCUT2D eigenvalue weighted by atomic mass is 32.3. The molecule has 2 aromatic rings. The van der Waals surface area contributed by atoms with Crippen LogP contribution in [0.4, 0.5) is 9.57 Å². The topological polar surface area (TPSA) is 81.7 Å². The quantitative estimate of drug-likeness (QED) is 0.663. The standard InChI is InChI=1S/C16H12FNO5S/c1-3-11-7-12(9-15(8-11)23-24(17,20)21)16(19)18-13-5-4-6-14(10-13)22-2/h1,4-10H,2H3,(H,18,19). The van der Waals surface area contributed by atoms with Crippen LogP contribution in [0, 0.1) is 12.3 Å². The summed E-state index contributed by atoms with van der Waals surface area (Å²) in [7, 11) is -3.74. The molecule has 24 heavy (non-hydrogen) atoms. The van der Waals surface area contributed by atoms with Gasteiger partial charge in [-0.05, 0) is 30.3 Å². The Kier molecular flexibility index (Phi) is 5.06. The van der Waals surface area contributed by atoms with Gasteiger partial charge in [-0.2, -0.15) is 8.42 Å². The number of hydrogen-bond acceptors (Lipinski definition) is 5. The number of benzene rings is 2. The van der Waals surface area contributed by atoms with E-state index in [1.54, 1.807) is 24.3 Å². The minimum atomic E-state index is -5.23. The van der Waals surface area contributed by atoms with Gasteiger partial charge in [0, 0.05) is 22.9 Å². The summed E-state index contributed by atoms with van der Waals surface area (Å²) in [5.41, 5.74) is 0.616. The molecule has 0 fully saturated rings. The Morgan fingerprint density at radius 2 is 1.96 bits per heavy atom. The van der Waals surface area contributed by atoms with E-state index in [2.05, 4.69) is 15.4 Å². The third kappa shape index (κ3) is 4.72. The van der Waals surface area contributed by atoms with E-state index in [1.165, 1.54) is 13.2 Å². The molecule has 124 valence electrons. The Bertz CT molecular complexity index is 918. The van der Waals surface area contributed by atoms with Gasteiger partial charge < -0.3 is 14.2 Å². The number of anilines is 1. The van der Waals surface area contributed by atoms with Gasteiger partial charge in [0.25, 0.3) is 5.91 Å². The lowest BCUT2D eigenvalue weighted by Crippen LogP contribution is -2.13. The van der Waals surface area contributed by atoms with Gasteiger partial charge >= 0.3 is 10.5 Å². The van der Waals surface area contributed by atoms with Crippen LogP contribution >= 0.6 is 0 Å². The fraction of sp³-hybridized carbons (Fsp3) is 0.0625. The predicted molar refractivity (Wildman–Crippen MR) is 86.0 cm³/mol. The normalized spacial score (nSPS) is 10.5. The summed E-state index contributed by atoms with van der Waals surface area (Å²) in [6, 6.07) is 10.1. The molecule has 0 atom stereocenters. The summed E-state index contributed by atoms with van der Waals surface area (Å²) in [6.07, 6.45) is 5.24. The highest BCUT2D eigenvalue weighted by Crippen LogP contribution is 2.21. The monoisotopic (exact) mass is 349 g/mol. The molecule has 0 aromatic heterocycles. The molecule has 0 spiro atoms. The molecule has 0 saturated carbocycles. The maximum Gasteiger partial charge on any atom is 0.488 e. The lowest BCUT2D eigenvalue weighted by Gasteiger charge is -2.09. The van der Waals surface area contributed by atoms with Crippen LogP contribution in [0.2, 0.25) is 0 Å². The van der Waals surface area contributed by atoms with Crippen LogP contribution in [0.1, 0.15) is 15.9 Å². The number of terminal acetylenes is 1. The first-order valence-electron chi connectivity index (χ1n) is 6.52. The minimum absolute atomic E-state index is 0.00641. The summed E-state index contributed by atoms with van der Waals surface area (Å²) >= 11 is 0. The zero-order valence-corrected chi connectivity index (χ0v) is 13.3. The van der Waals surface area contributed by atoms with E-state index in [9.17, 15) is 17.1 Å². The highest BCUT2D eigenvalue weighted by Gasteiger charge is 2.14. The molecular formula is C16H12FNO5S. The highest BCUT2D eigenvalue weighted by molar-refractivity contribution is 7.81. The van der Waals surface area contributed by atoms with Gasteiger partial charge in [-0.15, -0.1) is 6.42 Å². The molecule has 0 aliphatic heterocycles. The van der Waals surface area contributed by atoms with Crippen molar-refractivity contribution in [1.82, 2.24) is 0 Å². The largest absolute Gasteiger partial charge is 0.497 e. The summed E-state index contributed by atoms with van der Waals surface area (Å²) in [4.78, 5) is 12.3. The van der Waals surface area contributed by atoms with Gasteiger partial charge in [-0.25, -0.2) is 0 Å². The third-order valence-corrected chi connectivity index (χ3v) is 3.25. The summed E-state index contributed by atoms with van der Waals surface area (Å²) < 4.78 is 43.0. The molecule has 0 heterocycles. The third-order valence-electron chi connectivity index (χ3n) is 2.86. The molecule has 0 saturated heterocycles. The van der Waals surface area contributed by atoms with Crippen molar-refractivity contribution in [3.8, 4) is 23.8 Å². The Morgan fingerprint density at radius 1 is 1.21 bits per heavy atom. The molecule has 0 aliphatic carbocycles. The Balaban J connectivity index is 2.31. The van der Waals surface area contributed by atoms with E-state index in [0.29, 0.717) is 11.4 Å².